The van der Waals surface area contributed by atoms with Crippen molar-refractivity contribution in [2.75, 3.05) is 5.73 Å². The smallest absolute Gasteiger partial charge is 0.128 e. The molecule has 2 aromatic carbocycles. The first-order chi connectivity index (χ1) is 9.70. The average molecular weight is 262 g/mol. The van der Waals surface area contributed by atoms with Gasteiger partial charge in [0.05, 0.1) is 34.9 Å². The van der Waals surface area contributed by atoms with Gasteiger partial charge in [0.15, 0.2) is 0 Å². The van der Waals surface area contributed by atoms with Crippen LogP contribution in [0.15, 0.2) is 42.5 Å². The van der Waals surface area contributed by atoms with Crippen molar-refractivity contribution in [1.82, 2.24) is 9.55 Å². The van der Waals surface area contributed by atoms with Gasteiger partial charge in [-0.3, -0.25) is 4.57 Å². The van der Waals surface area contributed by atoms with E-state index in [0.29, 0.717) is 11.5 Å². The Hall–Kier alpha value is -2.80. The Morgan fingerprint density at radius 2 is 2.05 bits per heavy atom. The van der Waals surface area contributed by atoms with Gasteiger partial charge < -0.3 is 5.73 Å². The van der Waals surface area contributed by atoms with Crippen molar-refractivity contribution < 1.29 is 0 Å². The number of hydrogen-bond donors (Lipinski definition) is 1. The number of imidazole rings is 1. The summed E-state index contributed by atoms with van der Waals surface area (Å²) < 4.78 is 1.97. The predicted octanol–water partition coefficient (Wildman–Crippen LogP) is 2.98. The van der Waals surface area contributed by atoms with Crippen LogP contribution in [0.5, 0.6) is 0 Å². The highest BCUT2D eigenvalue weighted by molar-refractivity contribution is 5.80. The molecule has 98 valence electrons. The zero-order valence-electron chi connectivity index (χ0n) is 11.2. The zero-order chi connectivity index (χ0) is 14.1. The zero-order valence-corrected chi connectivity index (χ0v) is 11.2. The van der Waals surface area contributed by atoms with Gasteiger partial charge in [0.2, 0.25) is 0 Å². The maximum absolute atomic E-state index is 9.01. The summed E-state index contributed by atoms with van der Waals surface area (Å²) in [7, 11) is 0. The molecule has 0 bridgehead atoms. The molecule has 1 heterocycles. The molecule has 0 radical (unpaired) electrons. The standard InChI is InChI=1S/C16H14N4/c1-11-6-7-12(18)15(10-11)20-14-5-3-2-4-13(14)19-16(20)8-9-17/h2-7,10H,8,18H2,1H3. The second-order valence-electron chi connectivity index (χ2n) is 4.75. The average Bonchev–Trinajstić information content (AvgIpc) is 2.80. The van der Waals surface area contributed by atoms with Crippen molar-refractivity contribution in [2.24, 2.45) is 0 Å². The van der Waals surface area contributed by atoms with Gasteiger partial charge in [-0.15, -0.1) is 0 Å². The molecular weight excluding hydrogens is 248 g/mol. The van der Waals surface area contributed by atoms with Crippen LogP contribution in [-0.2, 0) is 6.42 Å². The Labute approximate surface area is 117 Å². The van der Waals surface area contributed by atoms with E-state index in [0.717, 1.165) is 22.3 Å². The Morgan fingerprint density at radius 1 is 1.25 bits per heavy atom. The first kappa shape index (κ1) is 12.2. The largest absolute Gasteiger partial charge is 0.397 e. The van der Waals surface area contributed by atoms with E-state index in [9.17, 15) is 0 Å². The summed E-state index contributed by atoms with van der Waals surface area (Å²) >= 11 is 0. The lowest BCUT2D eigenvalue weighted by Gasteiger charge is -2.11. The number of anilines is 1. The number of hydrogen-bond acceptors (Lipinski definition) is 3. The monoisotopic (exact) mass is 262 g/mol. The topological polar surface area (TPSA) is 67.6 Å². The van der Waals surface area contributed by atoms with E-state index in [-0.39, 0.29) is 6.42 Å². The van der Waals surface area contributed by atoms with Crippen LogP contribution in [0.1, 0.15) is 11.4 Å². The minimum Gasteiger partial charge on any atom is -0.397 e. The molecule has 0 saturated heterocycles. The summed E-state index contributed by atoms with van der Waals surface area (Å²) in [5.41, 5.74) is 10.6. The maximum Gasteiger partial charge on any atom is 0.128 e. The van der Waals surface area contributed by atoms with Gasteiger partial charge in [-0.05, 0) is 36.8 Å². The van der Waals surface area contributed by atoms with Gasteiger partial charge >= 0.3 is 0 Å². The second kappa shape index (κ2) is 4.71. The highest BCUT2D eigenvalue weighted by Crippen LogP contribution is 2.26. The Kier molecular flexibility index (Phi) is 2.88. The van der Waals surface area contributed by atoms with E-state index < -0.39 is 0 Å². The molecule has 0 aliphatic heterocycles. The third kappa shape index (κ3) is 1.90. The maximum atomic E-state index is 9.01. The van der Waals surface area contributed by atoms with Crippen LogP contribution in [-0.4, -0.2) is 9.55 Å². The molecule has 0 atom stereocenters. The number of nitrogen functional groups attached to an aromatic ring is 1. The molecule has 0 spiro atoms. The molecule has 3 rings (SSSR count). The Bertz CT molecular complexity index is 824. The normalized spacial score (nSPS) is 10.6. The van der Waals surface area contributed by atoms with Gasteiger partial charge in [-0.1, -0.05) is 18.2 Å². The van der Waals surface area contributed by atoms with E-state index >= 15 is 0 Å². The summed E-state index contributed by atoms with van der Waals surface area (Å²) in [5, 5.41) is 9.01. The fraction of sp³-hybridized carbons (Fsp3) is 0.125. The highest BCUT2D eigenvalue weighted by atomic mass is 15.1. The molecule has 20 heavy (non-hydrogen) atoms. The van der Waals surface area contributed by atoms with Crippen molar-refractivity contribution in [3.63, 3.8) is 0 Å². The van der Waals surface area contributed by atoms with E-state index in [4.69, 9.17) is 11.0 Å². The molecule has 0 aliphatic rings. The number of nitrogens with two attached hydrogens (primary N) is 1. The molecule has 3 aromatic rings. The van der Waals surface area contributed by atoms with Crippen LogP contribution in [0.2, 0.25) is 0 Å². The lowest BCUT2D eigenvalue weighted by molar-refractivity contribution is 0.955. The fourth-order valence-corrected chi connectivity index (χ4v) is 2.38. The van der Waals surface area contributed by atoms with Crippen molar-refractivity contribution in [2.45, 2.75) is 13.3 Å². The first-order valence-corrected chi connectivity index (χ1v) is 6.40. The lowest BCUT2D eigenvalue weighted by Crippen LogP contribution is -2.04. The van der Waals surface area contributed by atoms with E-state index in [1.165, 1.54) is 0 Å². The number of nitriles is 1. The van der Waals surface area contributed by atoms with Crippen LogP contribution in [0, 0.1) is 18.3 Å². The third-order valence-electron chi connectivity index (χ3n) is 3.29. The number of para-hydroxylation sites is 2. The molecule has 4 nitrogen and oxygen atoms in total. The molecule has 0 saturated carbocycles. The quantitative estimate of drug-likeness (QED) is 0.722. The summed E-state index contributed by atoms with van der Waals surface area (Å²) in [4.78, 5) is 4.53. The predicted molar refractivity (Wildman–Crippen MR) is 79.5 cm³/mol. The number of aryl methyl sites for hydroxylation is 1. The number of nitrogens with zero attached hydrogens (tertiary/aromatic N) is 3. The highest BCUT2D eigenvalue weighted by Gasteiger charge is 2.13. The molecular formula is C16H14N4. The van der Waals surface area contributed by atoms with Gasteiger partial charge in [0.1, 0.15) is 5.82 Å². The van der Waals surface area contributed by atoms with Crippen molar-refractivity contribution in [1.29, 1.82) is 5.26 Å². The van der Waals surface area contributed by atoms with E-state index in [1.54, 1.807) is 0 Å². The Balaban J connectivity index is 2.36. The Morgan fingerprint density at radius 3 is 2.85 bits per heavy atom. The van der Waals surface area contributed by atoms with Crippen molar-refractivity contribution in [3.8, 4) is 11.8 Å². The lowest BCUT2D eigenvalue weighted by atomic mass is 10.2. The molecule has 1 aromatic heterocycles. The number of benzene rings is 2. The van der Waals surface area contributed by atoms with Crippen molar-refractivity contribution in [3.05, 3.63) is 53.9 Å². The summed E-state index contributed by atoms with van der Waals surface area (Å²) in [6, 6.07) is 15.9. The van der Waals surface area contributed by atoms with Crippen LogP contribution in [0.4, 0.5) is 5.69 Å². The van der Waals surface area contributed by atoms with Gasteiger partial charge in [-0.25, -0.2) is 4.98 Å². The summed E-state index contributed by atoms with van der Waals surface area (Å²) in [6.07, 6.45) is 0.252. The van der Waals surface area contributed by atoms with Crippen LogP contribution in [0.25, 0.3) is 16.7 Å². The first-order valence-electron chi connectivity index (χ1n) is 6.40. The molecule has 0 aliphatic carbocycles. The summed E-state index contributed by atoms with van der Waals surface area (Å²) in [6.45, 7) is 2.02. The van der Waals surface area contributed by atoms with E-state index in [2.05, 4.69) is 11.1 Å². The number of aromatic nitrogens is 2. The van der Waals surface area contributed by atoms with Crippen molar-refractivity contribution >= 4 is 16.7 Å². The number of rotatable bonds is 2. The minimum absolute atomic E-state index is 0.252. The fourth-order valence-electron chi connectivity index (χ4n) is 2.38. The molecule has 0 amide bonds. The summed E-state index contributed by atoms with van der Waals surface area (Å²) in [5.74, 6) is 0.714. The molecule has 4 heteroatoms. The third-order valence-corrected chi connectivity index (χ3v) is 3.29. The molecule has 2 N–H and O–H groups in total. The van der Waals surface area contributed by atoms with Crippen LogP contribution in [0.3, 0.4) is 0 Å². The minimum atomic E-state index is 0.252. The number of fused-ring (bicyclic) bond motifs is 1. The van der Waals surface area contributed by atoms with Crippen LogP contribution >= 0.6 is 0 Å². The van der Waals surface area contributed by atoms with E-state index in [1.807, 2.05) is 54.0 Å². The van der Waals surface area contributed by atoms with Gasteiger partial charge in [0.25, 0.3) is 0 Å². The second-order valence-corrected chi connectivity index (χ2v) is 4.75. The van der Waals surface area contributed by atoms with Gasteiger partial charge in [0, 0.05) is 0 Å². The van der Waals surface area contributed by atoms with Gasteiger partial charge in [-0.2, -0.15) is 5.26 Å². The van der Waals surface area contributed by atoms with Crippen LogP contribution < -0.4 is 5.73 Å². The molecule has 0 fully saturated rings. The molecule has 0 unspecified atom stereocenters. The SMILES string of the molecule is Cc1ccc(N)c(-n2c(CC#N)nc3ccccc32)c1.